The molecular weight excluding hydrogens is 228 g/mol. The highest BCUT2D eigenvalue weighted by Gasteiger charge is 2.17. The van der Waals surface area contributed by atoms with Crippen LogP contribution in [0.5, 0.6) is 0 Å². The first-order valence-corrected chi connectivity index (χ1v) is 6.44. The van der Waals surface area contributed by atoms with Crippen molar-refractivity contribution < 1.29 is 4.74 Å². The van der Waals surface area contributed by atoms with Gasteiger partial charge in [0.25, 0.3) is 0 Å². The maximum Gasteiger partial charge on any atom is 0.131 e. The largest absolute Gasteiger partial charge is 0.374 e. The van der Waals surface area contributed by atoms with Gasteiger partial charge in [0.2, 0.25) is 0 Å². The molecule has 1 rings (SSSR count). The lowest BCUT2D eigenvalue weighted by molar-refractivity contribution is 0.000638. The number of hydrogen-bond donors (Lipinski definition) is 2. The molecule has 0 aliphatic rings. The van der Waals surface area contributed by atoms with Crippen LogP contribution in [0, 0.1) is 6.92 Å². The molecule has 0 bridgehead atoms. The second kappa shape index (κ2) is 6.54. The first-order chi connectivity index (χ1) is 8.46. The summed E-state index contributed by atoms with van der Waals surface area (Å²) in [5.41, 5.74) is -0.202. The van der Waals surface area contributed by atoms with Gasteiger partial charge >= 0.3 is 0 Å². The van der Waals surface area contributed by atoms with Crippen LogP contribution in [-0.2, 0) is 4.74 Å². The van der Waals surface area contributed by atoms with Gasteiger partial charge < -0.3 is 15.4 Å². The number of aryl methyl sites for hydroxylation is 1. The maximum absolute atomic E-state index is 5.64. The fourth-order valence-electron chi connectivity index (χ4n) is 1.68. The summed E-state index contributed by atoms with van der Waals surface area (Å²) in [4.78, 5) is 8.67. The second-order valence-electron chi connectivity index (χ2n) is 4.76. The van der Waals surface area contributed by atoms with Gasteiger partial charge in [-0.1, -0.05) is 0 Å². The number of nitrogens with zero attached hydrogens (tertiary/aromatic N) is 2. The third-order valence-electron chi connectivity index (χ3n) is 2.43. The van der Waals surface area contributed by atoms with Gasteiger partial charge in [-0.25, -0.2) is 9.97 Å². The minimum Gasteiger partial charge on any atom is -0.374 e. The zero-order valence-corrected chi connectivity index (χ0v) is 12.0. The third-order valence-corrected chi connectivity index (χ3v) is 2.43. The molecule has 0 aromatic carbocycles. The van der Waals surface area contributed by atoms with E-state index in [9.17, 15) is 0 Å². The quantitative estimate of drug-likeness (QED) is 0.780. The zero-order valence-electron chi connectivity index (χ0n) is 12.0. The number of ether oxygens (including phenoxy) is 1. The molecular formula is C13H24N4O. The molecule has 2 N–H and O–H groups in total. The molecule has 0 aliphatic carbocycles. The Morgan fingerprint density at radius 1 is 1.17 bits per heavy atom. The number of rotatable bonds is 7. The molecule has 5 heteroatoms. The minimum absolute atomic E-state index is 0.202. The average Bonchev–Trinajstić information content (AvgIpc) is 2.26. The van der Waals surface area contributed by atoms with Gasteiger partial charge in [-0.2, -0.15) is 0 Å². The highest BCUT2D eigenvalue weighted by atomic mass is 16.5. The number of anilines is 2. The van der Waals surface area contributed by atoms with Crippen LogP contribution >= 0.6 is 0 Å². The summed E-state index contributed by atoms with van der Waals surface area (Å²) in [5.74, 6) is 2.43. The van der Waals surface area contributed by atoms with Crippen LogP contribution in [-0.4, -0.2) is 35.3 Å². The van der Waals surface area contributed by atoms with E-state index < -0.39 is 0 Å². The lowest BCUT2D eigenvalue weighted by atomic mass is 10.1. The Labute approximate surface area is 109 Å². The summed E-state index contributed by atoms with van der Waals surface area (Å²) in [6, 6.07) is 1.92. The molecule has 0 radical (unpaired) electrons. The molecule has 5 nitrogen and oxygen atoms in total. The molecule has 18 heavy (non-hydrogen) atoms. The monoisotopic (exact) mass is 252 g/mol. The van der Waals surface area contributed by atoms with Crippen LogP contribution in [0.3, 0.4) is 0 Å². The molecule has 1 aromatic heterocycles. The molecule has 0 unspecified atom stereocenters. The lowest BCUT2D eigenvalue weighted by Crippen LogP contribution is -2.33. The van der Waals surface area contributed by atoms with E-state index in [1.165, 1.54) is 0 Å². The maximum atomic E-state index is 5.64. The molecule has 0 saturated heterocycles. The molecule has 1 heterocycles. The highest BCUT2D eigenvalue weighted by molar-refractivity contribution is 5.47. The summed E-state index contributed by atoms with van der Waals surface area (Å²) in [6.45, 7) is 12.3. The molecule has 0 aliphatic heterocycles. The van der Waals surface area contributed by atoms with Crippen molar-refractivity contribution in [1.82, 2.24) is 9.97 Å². The topological polar surface area (TPSA) is 59.1 Å². The van der Waals surface area contributed by atoms with E-state index in [1.807, 2.05) is 26.8 Å². The average molecular weight is 252 g/mol. The Hall–Kier alpha value is -1.36. The summed E-state index contributed by atoms with van der Waals surface area (Å²) in [6.07, 6.45) is 0. The number of nitrogens with one attached hydrogen (secondary N) is 2. The first kappa shape index (κ1) is 14.7. The van der Waals surface area contributed by atoms with Gasteiger partial charge in [0.15, 0.2) is 0 Å². The highest BCUT2D eigenvalue weighted by Crippen LogP contribution is 2.14. The van der Waals surface area contributed by atoms with Gasteiger partial charge in [-0.05, 0) is 34.6 Å². The molecule has 102 valence electrons. The second-order valence-corrected chi connectivity index (χ2v) is 4.76. The third kappa shape index (κ3) is 4.87. The molecule has 0 fully saturated rings. The Bertz CT molecular complexity index is 379. The van der Waals surface area contributed by atoms with Crippen LogP contribution in [0.2, 0.25) is 0 Å². The summed E-state index contributed by atoms with van der Waals surface area (Å²) in [5, 5.41) is 6.48. The lowest BCUT2D eigenvalue weighted by Gasteiger charge is -2.25. The smallest absolute Gasteiger partial charge is 0.131 e. The standard InChI is InChI=1S/C13H24N4O/c1-6-14-11-8-12(17-10(3)16-11)15-9-13(4,5)18-7-2/h8H,6-7,9H2,1-5H3,(H2,14,15,16,17). The Morgan fingerprint density at radius 3 is 2.33 bits per heavy atom. The number of aromatic nitrogens is 2. The van der Waals surface area contributed by atoms with Crippen molar-refractivity contribution in [3.8, 4) is 0 Å². The van der Waals surface area contributed by atoms with Crippen molar-refractivity contribution in [2.75, 3.05) is 30.3 Å². The molecule has 0 saturated carbocycles. The fraction of sp³-hybridized carbons (Fsp3) is 0.692. The predicted molar refractivity (Wildman–Crippen MR) is 75.1 cm³/mol. The Balaban J connectivity index is 2.66. The first-order valence-electron chi connectivity index (χ1n) is 6.44. The SMILES string of the molecule is CCNc1cc(NCC(C)(C)OCC)nc(C)n1. The molecule has 0 spiro atoms. The normalized spacial score (nSPS) is 11.4. The van der Waals surface area contributed by atoms with Gasteiger partial charge in [0, 0.05) is 25.8 Å². The van der Waals surface area contributed by atoms with Crippen LogP contribution in [0.25, 0.3) is 0 Å². The van der Waals surface area contributed by atoms with Crippen molar-refractivity contribution in [3.05, 3.63) is 11.9 Å². The van der Waals surface area contributed by atoms with E-state index in [0.717, 1.165) is 24.0 Å². The van der Waals surface area contributed by atoms with E-state index >= 15 is 0 Å². The van der Waals surface area contributed by atoms with E-state index in [2.05, 4.69) is 34.4 Å². The number of hydrogen-bond acceptors (Lipinski definition) is 5. The summed E-state index contributed by atoms with van der Waals surface area (Å²) in [7, 11) is 0. The summed E-state index contributed by atoms with van der Waals surface area (Å²) < 4.78 is 5.64. The Morgan fingerprint density at radius 2 is 1.78 bits per heavy atom. The predicted octanol–water partition coefficient (Wildman–Crippen LogP) is 2.44. The Kier molecular flexibility index (Phi) is 5.34. The van der Waals surface area contributed by atoms with Crippen LogP contribution in [0.1, 0.15) is 33.5 Å². The van der Waals surface area contributed by atoms with E-state index in [0.29, 0.717) is 13.2 Å². The van der Waals surface area contributed by atoms with Crippen molar-refractivity contribution in [2.24, 2.45) is 0 Å². The van der Waals surface area contributed by atoms with Crippen molar-refractivity contribution >= 4 is 11.6 Å². The van der Waals surface area contributed by atoms with Gasteiger partial charge in [0.1, 0.15) is 17.5 Å². The zero-order chi connectivity index (χ0) is 13.6. The van der Waals surface area contributed by atoms with Crippen LogP contribution in [0.15, 0.2) is 6.07 Å². The van der Waals surface area contributed by atoms with Crippen LogP contribution < -0.4 is 10.6 Å². The van der Waals surface area contributed by atoms with Gasteiger partial charge in [-0.3, -0.25) is 0 Å². The van der Waals surface area contributed by atoms with E-state index in [4.69, 9.17) is 4.74 Å². The summed E-state index contributed by atoms with van der Waals surface area (Å²) >= 11 is 0. The molecule has 0 amide bonds. The van der Waals surface area contributed by atoms with Gasteiger partial charge in [-0.15, -0.1) is 0 Å². The fourth-order valence-corrected chi connectivity index (χ4v) is 1.68. The van der Waals surface area contributed by atoms with E-state index in [1.54, 1.807) is 0 Å². The van der Waals surface area contributed by atoms with Crippen molar-refractivity contribution in [2.45, 2.75) is 40.2 Å². The van der Waals surface area contributed by atoms with Crippen molar-refractivity contribution in [3.63, 3.8) is 0 Å². The van der Waals surface area contributed by atoms with Crippen LogP contribution in [0.4, 0.5) is 11.6 Å². The minimum atomic E-state index is -0.202. The molecule has 0 atom stereocenters. The van der Waals surface area contributed by atoms with Gasteiger partial charge in [0.05, 0.1) is 5.60 Å². The van der Waals surface area contributed by atoms with E-state index in [-0.39, 0.29) is 5.60 Å². The molecule has 1 aromatic rings. The van der Waals surface area contributed by atoms with Crippen molar-refractivity contribution in [1.29, 1.82) is 0 Å².